The van der Waals surface area contributed by atoms with Crippen molar-refractivity contribution in [3.05, 3.63) is 46.9 Å². The number of nitrogens with two attached hydrogens (primary N) is 1. The highest BCUT2D eigenvalue weighted by Crippen LogP contribution is 2.30. The number of rotatable bonds is 1. The van der Waals surface area contributed by atoms with Crippen molar-refractivity contribution in [2.75, 3.05) is 0 Å². The van der Waals surface area contributed by atoms with Crippen molar-refractivity contribution in [3.8, 4) is 5.82 Å². The molecule has 1 aliphatic carbocycles. The number of hydrogen-bond acceptors (Lipinski definition) is 2. The normalized spacial score (nSPS) is 19.1. The Balaban J connectivity index is 2.07. The van der Waals surface area contributed by atoms with Gasteiger partial charge in [0.1, 0.15) is 5.82 Å². The Morgan fingerprint density at radius 2 is 2.24 bits per heavy atom. The van der Waals surface area contributed by atoms with Gasteiger partial charge in [-0.05, 0) is 43.0 Å². The minimum atomic E-state index is 0.173. The van der Waals surface area contributed by atoms with Crippen LogP contribution in [0.2, 0.25) is 5.02 Å². The van der Waals surface area contributed by atoms with Crippen molar-refractivity contribution in [2.45, 2.75) is 25.3 Å². The molecule has 0 aliphatic heterocycles. The molecule has 2 heterocycles. The molecule has 0 spiro atoms. The zero-order valence-electron chi connectivity index (χ0n) is 9.44. The van der Waals surface area contributed by atoms with Gasteiger partial charge in [0.05, 0.1) is 5.02 Å². The molecule has 17 heavy (non-hydrogen) atoms. The van der Waals surface area contributed by atoms with Crippen LogP contribution in [0.1, 0.15) is 30.1 Å². The molecule has 4 heteroatoms. The topological polar surface area (TPSA) is 43.8 Å². The van der Waals surface area contributed by atoms with E-state index in [9.17, 15) is 0 Å². The van der Waals surface area contributed by atoms with Crippen LogP contribution in [-0.4, -0.2) is 9.55 Å². The molecule has 0 saturated heterocycles. The summed E-state index contributed by atoms with van der Waals surface area (Å²) in [5.41, 5.74) is 8.65. The van der Waals surface area contributed by atoms with Gasteiger partial charge in [0.2, 0.25) is 0 Å². The Kier molecular flexibility index (Phi) is 2.65. The summed E-state index contributed by atoms with van der Waals surface area (Å²) >= 11 is 5.85. The molecule has 2 aromatic rings. The summed E-state index contributed by atoms with van der Waals surface area (Å²) in [6.07, 6.45) is 7.01. The standard InChI is InChI=1S/C13H14ClN3/c14-9-4-5-13(16-8-9)17-7-6-10-11(15)2-1-3-12(10)17/h4-8,11H,1-3,15H2. The lowest BCUT2D eigenvalue weighted by atomic mass is 9.94. The van der Waals surface area contributed by atoms with Crippen molar-refractivity contribution >= 4 is 11.6 Å². The second kappa shape index (κ2) is 4.17. The molecular formula is C13H14ClN3. The molecule has 2 N–H and O–H groups in total. The molecule has 0 bridgehead atoms. The monoisotopic (exact) mass is 247 g/mol. The Labute approximate surface area is 105 Å². The van der Waals surface area contributed by atoms with Crippen LogP contribution in [0.5, 0.6) is 0 Å². The van der Waals surface area contributed by atoms with Crippen LogP contribution in [0.15, 0.2) is 30.6 Å². The zero-order valence-corrected chi connectivity index (χ0v) is 10.2. The van der Waals surface area contributed by atoms with Gasteiger partial charge in [-0.25, -0.2) is 4.98 Å². The third-order valence-corrected chi connectivity index (χ3v) is 3.54. The predicted octanol–water partition coefficient (Wildman–Crippen LogP) is 2.86. The van der Waals surface area contributed by atoms with E-state index >= 15 is 0 Å². The van der Waals surface area contributed by atoms with Gasteiger partial charge in [-0.2, -0.15) is 0 Å². The summed E-state index contributed by atoms with van der Waals surface area (Å²) in [5.74, 6) is 0.907. The van der Waals surface area contributed by atoms with E-state index in [1.54, 1.807) is 6.20 Å². The molecule has 1 aliphatic rings. The fourth-order valence-corrected chi connectivity index (χ4v) is 2.56. The van der Waals surface area contributed by atoms with Crippen LogP contribution in [0.3, 0.4) is 0 Å². The van der Waals surface area contributed by atoms with Gasteiger partial charge in [-0.15, -0.1) is 0 Å². The number of halogens is 1. The molecule has 0 amide bonds. The SMILES string of the molecule is NC1CCCc2c1ccn2-c1ccc(Cl)cn1. The average Bonchev–Trinajstić information content (AvgIpc) is 2.75. The van der Waals surface area contributed by atoms with Crippen LogP contribution in [0.4, 0.5) is 0 Å². The van der Waals surface area contributed by atoms with Crippen LogP contribution in [-0.2, 0) is 6.42 Å². The number of pyridine rings is 1. The number of aromatic nitrogens is 2. The van der Waals surface area contributed by atoms with Gasteiger partial charge in [-0.1, -0.05) is 11.6 Å². The first-order chi connectivity index (χ1) is 8.25. The quantitative estimate of drug-likeness (QED) is 0.842. The fourth-order valence-electron chi connectivity index (χ4n) is 2.45. The second-order valence-electron chi connectivity index (χ2n) is 4.42. The van der Waals surface area contributed by atoms with Gasteiger partial charge >= 0.3 is 0 Å². The third-order valence-electron chi connectivity index (χ3n) is 3.31. The molecule has 1 unspecified atom stereocenters. The summed E-state index contributed by atoms with van der Waals surface area (Å²) in [5, 5.41) is 0.659. The smallest absolute Gasteiger partial charge is 0.136 e. The van der Waals surface area contributed by atoms with Crippen LogP contribution >= 0.6 is 11.6 Å². The Morgan fingerprint density at radius 1 is 1.35 bits per heavy atom. The first kappa shape index (κ1) is 10.8. The molecular weight excluding hydrogens is 234 g/mol. The summed E-state index contributed by atoms with van der Waals surface area (Å²) in [4.78, 5) is 4.34. The van der Waals surface area contributed by atoms with E-state index in [1.807, 2.05) is 18.3 Å². The molecule has 1 atom stereocenters. The van der Waals surface area contributed by atoms with Gasteiger partial charge in [0.15, 0.2) is 0 Å². The number of hydrogen-bond donors (Lipinski definition) is 1. The average molecular weight is 248 g/mol. The molecule has 0 fully saturated rings. The van der Waals surface area contributed by atoms with E-state index in [1.165, 1.54) is 11.3 Å². The molecule has 0 radical (unpaired) electrons. The van der Waals surface area contributed by atoms with Crippen LogP contribution in [0.25, 0.3) is 5.82 Å². The van der Waals surface area contributed by atoms with E-state index in [0.717, 1.165) is 25.1 Å². The van der Waals surface area contributed by atoms with E-state index in [4.69, 9.17) is 17.3 Å². The highest BCUT2D eigenvalue weighted by atomic mass is 35.5. The minimum absolute atomic E-state index is 0.173. The predicted molar refractivity (Wildman–Crippen MR) is 68.4 cm³/mol. The fraction of sp³-hybridized carbons (Fsp3) is 0.308. The van der Waals surface area contributed by atoms with Gasteiger partial charge in [0.25, 0.3) is 0 Å². The summed E-state index contributed by atoms with van der Waals surface area (Å²) in [6, 6.07) is 6.07. The van der Waals surface area contributed by atoms with Gasteiger partial charge in [-0.3, -0.25) is 0 Å². The second-order valence-corrected chi connectivity index (χ2v) is 4.86. The summed E-state index contributed by atoms with van der Waals surface area (Å²) in [7, 11) is 0. The van der Waals surface area contributed by atoms with E-state index < -0.39 is 0 Å². The molecule has 0 saturated carbocycles. The van der Waals surface area contributed by atoms with Crippen LogP contribution in [0, 0.1) is 0 Å². The first-order valence-electron chi connectivity index (χ1n) is 5.83. The minimum Gasteiger partial charge on any atom is -0.324 e. The molecule has 3 nitrogen and oxygen atoms in total. The van der Waals surface area contributed by atoms with Crippen molar-refractivity contribution in [1.29, 1.82) is 0 Å². The Hall–Kier alpha value is -1.32. The lowest BCUT2D eigenvalue weighted by Gasteiger charge is -2.20. The third kappa shape index (κ3) is 1.85. The highest BCUT2D eigenvalue weighted by Gasteiger charge is 2.20. The van der Waals surface area contributed by atoms with Crippen molar-refractivity contribution in [2.24, 2.45) is 5.73 Å². The molecule has 2 aromatic heterocycles. The van der Waals surface area contributed by atoms with E-state index in [-0.39, 0.29) is 6.04 Å². The van der Waals surface area contributed by atoms with Crippen molar-refractivity contribution in [3.63, 3.8) is 0 Å². The summed E-state index contributed by atoms with van der Waals surface area (Å²) in [6.45, 7) is 0. The number of fused-ring (bicyclic) bond motifs is 1. The van der Waals surface area contributed by atoms with Crippen molar-refractivity contribution < 1.29 is 0 Å². The van der Waals surface area contributed by atoms with E-state index in [0.29, 0.717) is 5.02 Å². The van der Waals surface area contributed by atoms with Crippen molar-refractivity contribution in [1.82, 2.24) is 9.55 Å². The molecule has 3 rings (SSSR count). The first-order valence-corrected chi connectivity index (χ1v) is 6.21. The van der Waals surface area contributed by atoms with Crippen LogP contribution < -0.4 is 5.73 Å². The largest absolute Gasteiger partial charge is 0.324 e. The summed E-state index contributed by atoms with van der Waals surface area (Å²) < 4.78 is 2.12. The van der Waals surface area contributed by atoms with Gasteiger partial charge in [0, 0.05) is 24.1 Å². The maximum Gasteiger partial charge on any atom is 0.136 e. The molecule has 88 valence electrons. The Morgan fingerprint density at radius 3 is 3.00 bits per heavy atom. The molecule has 0 aromatic carbocycles. The zero-order chi connectivity index (χ0) is 11.8. The number of nitrogens with zero attached hydrogens (tertiary/aromatic N) is 2. The Bertz CT molecular complexity index is 530. The van der Waals surface area contributed by atoms with E-state index in [2.05, 4.69) is 15.6 Å². The lowest BCUT2D eigenvalue weighted by Crippen LogP contribution is -2.18. The maximum atomic E-state index is 6.11. The van der Waals surface area contributed by atoms with Gasteiger partial charge < -0.3 is 10.3 Å². The lowest BCUT2D eigenvalue weighted by molar-refractivity contribution is 0.559. The maximum absolute atomic E-state index is 6.11. The highest BCUT2D eigenvalue weighted by molar-refractivity contribution is 6.30.